The molecule has 1 aromatic heterocycles. The Morgan fingerprint density at radius 2 is 2.04 bits per heavy atom. The third-order valence-corrected chi connectivity index (χ3v) is 5.72. The molecule has 0 saturated heterocycles. The third-order valence-electron chi connectivity index (χ3n) is 5.72. The Morgan fingerprint density at radius 1 is 1.18 bits per heavy atom. The van der Waals surface area contributed by atoms with Crippen LogP contribution in [0.3, 0.4) is 0 Å². The number of aromatic nitrogens is 1. The number of nitrogens with one attached hydrogen (secondary N) is 2. The van der Waals surface area contributed by atoms with Gasteiger partial charge < -0.3 is 19.8 Å². The van der Waals surface area contributed by atoms with Gasteiger partial charge in [0.15, 0.2) is 11.5 Å². The van der Waals surface area contributed by atoms with Gasteiger partial charge in [-0.2, -0.15) is 0 Å². The fourth-order valence-corrected chi connectivity index (χ4v) is 4.14. The summed E-state index contributed by atoms with van der Waals surface area (Å²) in [5.74, 6) is 1.49. The monoisotopic (exact) mass is 376 g/mol. The van der Waals surface area contributed by atoms with Crippen molar-refractivity contribution in [2.45, 2.75) is 44.6 Å². The van der Waals surface area contributed by atoms with Crippen molar-refractivity contribution < 1.29 is 14.3 Å². The second-order valence-electron chi connectivity index (χ2n) is 7.62. The van der Waals surface area contributed by atoms with E-state index < -0.39 is 0 Å². The van der Waals surface area contributed by atoms with Gasteiger partial charge >= 0.3 is 0 Å². The Balaban J connectivity index is 1.60. The summed E-state index contributed by atoms with van der Waals surface area (Å²) in [5, 5.41) is 4.30. The van der Waals surface area contributed by atoms with E-state index in [0.29, 0.717) is 12.5 Å². The molecule has 1 amide bonds. The van der Waals surface area contributed by atoms with Gasteiger partial charge in [0.05, 0.1) is 0 Å². The van der Waals surface area contributed by atoms with Crippen LogP contribution in [0.1, 0.15) is 48.8 Å². The molecule has 0 spiro atoms. The Kier molecular flexibility index (Phi) is 4.23. The number of ether oxygens (including phenoxy) is 2. The molecular formula is C23H24N2O3. The number of carbonyl (C=O) groups is 1. The molecule has 144 valence electrons. The van der Waals surface area contributed by atoms with Crippen molar-refractivity contribution in [2.24, 2.45) is 0 Å². The number of benzene rings is 2. The number of aromatic amines is 1. The van der Waals surface area contributed by atoms with Crippen molar-refractivity contribution in [3.8, 4) is 11.5 Å². The van der Waals surface area contributed by atoms with Gasteiger partial charge in [-0.15, -0.1) is 0 Å². The van der Waals surface area contributed by atoms with Gasteiger partial charge in [0.25, 0.3) is 0 Å². The molecule has 1 fully saturated rings. The quantitative estimate of drug-likeness (QED) is 0.676. The standard InChI is InChI=1S/C23H24N2O3/c1-2-14-5-3-6-16-19(12-24-22(14)16)18(11-21(26)25-15-9-10-15)17-7-4-8-20-23(17)28-13-27-20/h3-8,12,15,18,24H,2,9-11,13H2,1H3,(H,25,26). The maximum Gasteiger partial charge on any atom is 0.231 e. The Labute approximate surface area is 164 Å². The minimum Gasteiger partial charge on any atom is -0.454 e. The average Bonchev–Trinajstić information content (AvgIpc) is 3.21. The van der Waals surface area contributed by atoms with Crippen LogP contribution in [0.15, 0.2) is 42.6 Å². The number of fused-ring (bicyclic) bond motifs is 2. The molecule has 1 atom stereocenters. The van der Waals surface area contributed by atoms with E-state index in [4.69, 9.17) is 9.47 Å². The molecule has 28 heavy (non-hydrogen) atoms. The average molecular weight is 376 g/mol. The Bertz CT molecular complexity index is 1040. The van der Waals surface area contributed by atoms with Gasteiger partial charge in [-0.05, 0) is 36.5 Å². The first-order valence-electron chi connectivity index (χ1n) is 10.0. The van der Waals surface area contributed by atoms with Crippen LogP contribution in [0.5, 0.6) is 11.5 Å². The summed E-state index contributed by atoms with van der Waals surface area (Å²) in [4.78, 5) is 16.2. The SMILES string of the molecule is CCc1cccc2c(C(CC(=O)NC3CC3)c3cccc4c3OCO4)c[nH]c12. The summed E-state index contributed by atoms with van der Waals surface area (Å²) in [6, 6.07) is 12.7. The van der Waals surface area contributed by atoms with Crippen LogP contribution >= 0.6 is 0 Å². The lowest BCUT2D eigenvalue weighted by Gasteiger charge is -2.19. The maximum absolute atomic E-state index is 12.7. The molecule has 2 aliphatic rings. The molecule has 5 nitrogen and oxygen atoms in total. The largest absolute Gasteiger partial charge is 0.454 e. The number of amides is 1. The lowest BCUT2D eigenvalue weighted by Crippen LogP contribution is -2.27. The first-order chi connectivity index (χ1) is 13.7. The molecule has 3 aromatic rings. The second-order valence-corrected chi connectivity index (χ2v) is 7.62. The van der Waals surface area contributed by atoms with Gasteiger partial charge in [-0.3, -0.25) is 4.79 Å². The molecule has 2 N–H and O–H groups in total. The van der Waals surface area contributed by atoms with E-state index >= 15 is 0 Å². The number of aryl methyl sites for hydroxylation is 1. The molecule has 0 radical (unpaired) electrons. The Morgan fingerprint density at radius 3 is 2.86 bits per heavy atom. The summed E-state index contributed by atoms with van der Waals surface area (Å²) in [5.41, 5.74) is 4.56. The summed E-state index contributed by atoms with van der Waals surface area (Å²) in [7, 11) is 0. The fourth-order valence-electron chi connectivity index (χ4n) is 4.14. The number of para-hydroxylation sites is 2. The van der Waals surface area contributed by atoms with Crippen molar-refractivity contribution in [3.63, 3.8) is 0 Å². The van der Waals surface area contributed by atoms with Gasteiger partial charge in [0.2, 0.25) is 12.7 Å². The van der Waals surface area contributed by atoms with E-state index in [1.165, 1.54) is 10.9 Å². The first kappa shape index (κ1) is 17.2. The lowest BCUT2D eigenvalue weighted by atomic mass is 9.86. The summed E-state index contributed by atoms with van der Waals surface area (Å²) in [6.07, 6.45) is 5.57. The van der Waals surface area contributed by atoms with Gasteiger partial charge in [0.1, 0.15) is 0 Å². The minimum atomic E-state index is -0.101. The first-order valence-corrected chi connectivity index (χ1v) is 10.0. The van der Waals surface area contributed by atoms with Crippen molar-refractivity contribution in [1.82, 2.24) is 10.3 Å². The number of carbonyl (C=O) groups excluding carboxylic acids is 1. The van der Waals surface area contributed by atoms with Crippen LogP contribution in [0.4, 0.5) is 0 Å². The van der Waals surface area contributed by atoms with Crippen LogP contribution < -0.4 is 14.8 Å². The number of rotatable bonds is 6. The molecule has 1 saturated carbocycles. The third kappa shape index (κ3) is 3.01. The van der Waals surface area contributed by atoms with Crippen LogP contribution in [-0.2, 0) is 11.2 Å². The molecule has 0 bridgehead atoms. The van der Waals surface area contributed by atoms with Gasteiger partial charge in [0, 0.05) is 41.0 Å². The number of H-pyrrole nitrogens is 1. The number of hydrogen-bond donors (Lipinski definition) is 2. The zero-order chi connectivity index (χ0) is 19.1. The fraction of sp³-hybridized carbons (Fsp3) is 0.348. The van der Waals surface area contributed by atoms with E-state index in [1.54, 1.807) is 0 Å². The molecule has 2 heterocycles. The summed E-state index contributed by atoms with van der Waals surface area (Å²) >= 11 is 0. The zero-order valence-electron chi connectivity index (χ0n) is 16.0. The lowest BCUT2D eigenvalue weighted by molar-refractivity contribution is -0.121. The molecule has 5 rings (SSSR count). The van der Waals surface area contributed by atoms with Crippen molar-refractivity contribution >= 4 is 16.8 Å². The topological polar surface area (TPSA) is 63.4 Å². The van der Waals surface area contributed by atoms with E-state index in [1.807, 2.05) is 24.4 Å². The maximum atomic E-state index is 12.7. The molecular weight excluding hydrogens is 352 g/mol. The highest BCUT2D eigenvalue weighted by Gasteiger charge is 2.30. The van der Waals surface area contributed by atoms with Crippen molar-refractivity contribution in [2.75, 3.05) is 6.79 Å². The van der Waals surface area contributed by atoms with Crippen LogP contribution in [0.25, 0.3) is 10.9 Å². The highest BCUT2D eigenvalue weighted by molar-refractivity contribution is 5.88. The van der Waals surface area contributed by atoms with Crippen LogP contribution in [0, 0.1) is 0 Å². The minimum absolute atomic E-state index is 0.0880. The zero-order valence-corrected chi connectivity index (χ0v) is 16.0. The van der Waals surface area contributed by atoms with E-state index in [-0.39, 0.29) is 18.6 Å². The molecule has 1 aliphatic carbocycles. The highest BCUT2D eigenvalue weighted by atomic mass is 16.7. The van der Waals surface area contributed by atoms with Crippen molar-refractivity contribution in [3.05, 3.63) is 59.3 Å². The van der Waals surface area contributed by atoms with E-state index in [2.05, 4.69) is 35.4 Å². The van der Waals surface area contributed by atoms with Crippen LogP contribution in [0.2, 0.25) is 0 Å². The van der Waals surface area contributed by atoms with Crippen LogP contribution in [-0.4, -0.2) is 23.7 Å². The predicted molar refractivity (Wildman–Crippen MR) is 108 cm³/mol. The Hall–Kier alpha value is -2.95. The van der Waals surface area contributed by atoms with E-state index in [9.17, 15) is 4.79 Å². The second kappa shape index (κ2) is 6.89. The molecule has 2 aromatic carbocycles. The predicted octanol–water partition coefficient (Wildman–Crippen LogP) is 4.26. The van der Waals surface area contributed by atoms with Gasteiger partial charge in [-0.1, -0.05) is 37.3 Å². The molecule has 1 unspecified atom stereocenters. The van der Waals surface area contributed by atoms with Gasteiger partial charge in [-0.25, -0.2) is 0 Å². The normalized spacial score (nSPS) is 16.3. The molecule has 1 aliphatic heterocycles. The number of hydrogen-bond acceptors (Lipinski definition) is 3. The summed E-state index contributed by atoms with van der Waals surface area (Å²) in [6.45, 7) is 2.38. The highest BCUT2D eigenvalue weighted by Crippen LogP contribution is 2.44. The smallest absolute Gasteiger partial charge is 0.231 e. The summed E-state index contributed by atoms with van der Waals surface area (Å²) < 4.78 is 11.4. The van der Waals surface area contributed by atoms with Crippen molar-refractivity contribution in [1.29, 1.82) is 0 Å². The molecule has 5 heteroatoms. The van der Waals surface area contributed by atoms with E-state index in [0.717, 1.165) is 47.4 Å².